The van der Waals surface area contributed by atoms with Crippen molar-refractivity contribution in [2.75, 3.05) is 19.5 Å². The molecule has 23 heavy (non-hydrogen) atoms. The summed E-state index contributed by atoms with van der Waals surface area (Å²) >= 11 is 5.32. The lowest BCUT2D eigenvalue weighted by Gasteiger charge is -2.18. The lowest BCUT2D eigenvalue weighted by Crippen LogP contribution is -2.31. The van der Waals surface area contributed by atoms with Crippen molar-refractivity contribution < 1.29 is 13.9 Å². The first kappa shape index (κ1) is 17.0. The summed E-state index contributed by atoms with van der Waals surface area (Å²) in [6.45, 7) is 1.95. The maximum Gasteiger partial charge on any atom is 0.171 e. The Morgan fingerprint density at radius 3 is 2.39 bits per heavy atom. The minimum Gasteiger partial charge on any atom is -0.497 e. The number of benzene rings is 2. The number of hydrogen-bond donors (Lipinski definition) is 2. The van der Waals surface area contributed by atoms with E-state index in [4.69, 9.17) is 21.7 Å². The minimum absolute atomic E-state index is 0.0557. The average Bonchev–Trinajstić information content (AvgIpc) is 2.55. The molecule has 0 heterocycles. The summed E-state index contributed by atoms with van der Waals surface area (Å²) in [6, 6.07) is 11.7. The Bertz CT molecular complexity index is 677. The average molecular weight is 334 g/mol. The molecule has 6 heteroatoms. The maximum atomic E-state index is 13.0. The molecule has 0 aliphatic carbocycles. The van der Waals surface area contributed by atoms with Crippen molar-refractivity contribution in [2.24, 2.45) is 0 Å². The van der Waals surface area contributed by atoms with Crippen LogP contribution in [0.5, 0.6) is 11.5 Å². The Kier molecular flexibility index (Phi) is 5.76. The van der Waals surface area contributed by atoms with Gasteiger partial charge in [-0.15, -0.1) is 0 Å². The normalized spacial score (nSPS) is 11.5. The number of rotatable bonds is 5. The smallest absolute Gasteiger partial charge is 0.171 e. The molecule has 1 atom stereocenters. The quantitative estimate of drug-likeness (QED) is 0.812. The number of methoxy groups -OCH3 is 2. The van der Waals surface area contributed by atoms with Crippen molar-refractivity contribution in [1.82, 2.24) is 5.32 Å². The summed E-state index contributed by atoms with van der Waals surface area (Å²) in [4.78, 5) is 0. The maximum absolute atomic E-state index is 13.0. The van der Waals surface area contributed by atoms with Gasteiger partial charge >= 0.3 is 0 Å². The molecule has 2 aromatic rings. The van der Waals surface area contributed by atoms with Gasteiger partial charge in [-0.1, -0.05) is 12.1 Å². The molecule has 2 rings (SSSR count). The van der Waals surface area contributed by atoms with Crippen molar-refractivity contribution in [3.63, 3.8) is 0 Å². The second kappa shape index (κ2) is 7.78. The molecular formula is C17H19FN2O2S. The Labute approximate surface area is 140 Å². The van der Waals surface area contributed by atoms with E-state index >= 15 is 0 Å². The lowest BCUT2D eigenvalue weighted by molar-refractivity contribution is 0.395. The molecule has 0 amide bonds. The fraction of sp³-hybridized carbons (Fsp3) is 0.235. The van der Waals surface area contributed by atoms with Crippen LogP contribution in [0.3, 0.4) is 0 Å². The first-order valence-electron chi connectivity index (χ1n) is 7.08. The number of hydrogen-bond acceptors (Lipinski definition) is 3. The standard InChI is InChI=1S/C17H19FN2O2S/c1-11(12-4-6-13(18)7-5-12)19-17(23)20-15-9-8-14(21-2)10-16(15)22-3/h4-11H,1-3H3,(H2,19,20,23)/t11-/m1/s1. The summed E-state index contributed by atoms with van der Waals surface area (Å²) in [6.07, 6.45) is 0. The van der Waals surface area contributed by atoms with Gasteiger partial charge in [0.25, 0.3) is 0 Å². The van der Waals surface area contributed by atoms with E-state index < -0.39 is 0 Å². The molecule has 0 aliphatic rings. The molecular weight excluding hydrogens is 315 g/mol. The molecule has 0 fully saturated rings. The van der Waals surface area contributed by atoms with Crippen LogP contribution in [0.15, 0.2) is 42.5 Å². The molecule has 0 aromatic heterocycles. The highest BCUT2D eigenvalue weighted by Crippen LogP contribution is 2.29. The molecule has 0 unspecified atom stereocenters. The van der Waals surface area contributed by atoms with Gasteiger partial charge in [0.05, 0.1) is 25.9 Å². The lowest BCUT2D eigenvalue weighted by atomic mass is 10.1. The molecule has 0 saturated heterocycles. The summed E-state index contributed by atoms with van der Waals surface area (Å²) in [5.74, 6) is 1.07. The van der Waals surface area contributed by atoms with Crippen LogP contribution in [0, 0.1) is 5.82 Å². The fourth-order valence-electron chi connectivity index (χ4n) is 2.09. The summed E-state index contributed by atoms with van der Waals surface area (Å²) < 4.78 is 23.4. The zero-order valence-corrected chi connectivity index (χ0v) is 14.0. The largest absolute Gasteiger partial charge is 0.497 e. The van der Waals surface area contributed by atoms with Crippen molar-refractivity contribution in [3.8, 4) is 11.5 Å². The first-order chi connectivity index (χ1) is 11.0. The Morgan fingerprint density at radius 2 is 1.78 bits per heavy atom. The second-order valence-electron chi connectivity index (χ2n) is 4.94. The van der Waals surface area contributed by atoms with Crippen LogP contribution in [0.25, 0.3) is 0 Å². The predicted octanol–water partition coefficient (Wildman–Crippen LogP) is 3.89. The van der Waals surface area contributed by atoms with Gasteiger partial charge in [-0.2, -0.15) is 0 Å². The molecule has 2 N–H and O–H groups in total. The third-order valence-corrected chi connectivity index (χ3v) is 3.59. The van der Waals surface area contributed by atoms with Crippen LogP contribution in [0.1, 0.15) is 18.5 Å². The Hall–Kier alpha value is -2.34. The van der Waals surface area contributed by atoms with E-state index in [9.17, 15) is 4.39 Å². The Morgan fingerprint density at radius 1 is 1.09 bits per heavy atom. The van der Waals surface area contributed by atoms with E-state index in [1.54, 1.807) is 32.4 Å². The summed E-state index contributed by atoms with van der Waals surface area (Å²) in [7, 11) is 3.18. The highest BCUT2D eigenvalue weighted by atomic mass is 32.1. The third kappa shape index (κ3) is 4.56. The fourth-order valence-corrected chi connectivity index (χ4v) is 2.38. The van der Waals surface area contributed by atoms with E-state index in [0.717, 1.165) is 11.3 Å². The van der Waals surface area contributed by atoms with Crippen LogP contribution >= 0.6 is 12.2 Å². The van der Waals surface area contributed by atoms with Crippen molar-refractivity contribution in [1.29, 1.82) is 0 Å². The Balaban J connectivity index is 2.03. The van der Waals surface area contributed by atoms with Crippen molar-refractivity contribution in [2.45, 2.75) is 13.0 Å². The van der Waals surface area contributed by atoms with Gasteiger partial charge in [-0.05, 0) is 49.0 Å². The number of nitrogens with one attached hydrogen (secondary N) is 2. The van der Waals surface area contributed by atoms with Crippen molar-refractivity contribution >= 4 is 23.0 Å². The SMILES string of the molecule is COc1ccc(NC(=S)N[C@H](C)c2ccc(F)cc2)c(OC)c1. The molecule has 0 aliphatic heterocycles. The number of halogens is 1. The monoisotopic (exact) mass is 334 g/mol. The van der Waals surface area contributed by atoms with E-state index in [2.05, 4.69) is 10.6 Å². The van der Waals surface area contributed by atoms with Gasteiger partial charge in [-0.3, -0.25) is 0 Å². The van der Waals surface area contributed by atoms with E-state index in [-0.39, 0.29) is 11.9 Å². The molecule has 2 aromatic carbocycles. The topological polar surface area (TPSA) is 42.5 Å². The van der Waals surface area contributed by atoms with Crippen LogP contribution in [0.2, 0.25) is 0 Å². The van der Waals surface area contributed by atoms with Gasteiger partial charge in [0, 0.05) is 6.07 Å². The van der Waals surface area contributed by atoms with E-state index in [0.29, 0.717) is 16.6 Å². The first-order valence-corrected chi connectivity index (χ1v) is 7.49. The molecule has 0 spiro atoms. The second-order valence-corrected chi connectivity index (χ2v) is 5.35. The zero-order chi connectivity index (χ0) is 16.8. The number of thiocarbonyl (C=S) groups is 1. The van der Waals surface area contributed by atoms with Crippen LogP contribution in [-0.2, 0) is 0 Å². The highest BCUT2D eigenvalue weighted by Gasteiger charge is 2.10. The predicted molar refractivity (Wildman–Crippen MR) is 93.7 cm³/mol. The van der Waals surface area contributed by atoms with E-state index in [1.165, 1.54) is 12.1 Å². The summed E-state index contributed by atoms with van der Waals surface area (Å²) in [5.41, 5.74) is 1.68. The highest BCUT2D eigenvalue weighted by molar-refractivity contribution is 7.80. The van der Waals surface area contributed by atoms with E-state index in [1.807, 2.05) is 19.1 Å². The van der Waals surface area contributed by atoms with Gasteiger partial charge in [-0.25, -0.2) is 4.39 Å². The molecule has 4 nitrogen and oxygen atoms in total. The summed E-state index contributed by atoms with van der Waals surface area (Å²) in [5, 5.41) is 6.69. The third-order valence-electron chi connectivity index (χ3n) is 3.37. The van der Waals surface area contributed by atoms with Crippen LogP contribution < -0.4 is 20.1 Å². The van der Waals surface area contributed by atoms with Gasteiger partial charge in [0.1, 0.15) is 17.3 Å². The molecule has 0 bridgehead atoms. The van der Waals surface area contributed by atoms with Gasteiger partial charge in [0.2, 0.25) is 0 Å². The number of ether oxygens (including phenoxy) is 2. The minimum atomic E-state index is -0.260. The zero-order valence-electron chi connectivity index (χ0n) is 13.2. The van der Waals surface area contributed by atoms with Crippen LogP contribution in [0.4, 0.5) is 10.1 Å². The molecule has 0 saturated carbocycles. The van der Waals surface area contributed by atoms with Crippen molar-refractivity contribution in [3.05, 3.63) is 53.8 Å². The van der Waals surface area contributed by atoms with Gasteiger partial charge < -0.3 is 20.1 Å². The van der Waals surface area contributed by atoms with Gasteiger partial charge in [0.15, 0.2) is 5.11 Å². The number of anilines is 1. The van der Waals surface area contributed by atoms with Crippen LogP contribution in [-0.4, -0.2) is 19.3 Å². The molecule has 122 valence electrons. The molecule has 0 radical (unpaired) electrons.